The number of H-pyrrole nitrogens is 1. The molecule has 4 heterocycles. The Morgan fingerprint density at radius 3 is 2.62 bits per heavy atom. The monoisotopic (exact) mass is 455 g/mol. The van der Waals surface area contributed by atoms with Crippen LogP contribution in [0.3, 0.4) is 0 Å². The summed E-state index contributed by atoms with van der Waals surface area (Å²) in [5.74, 6) is -1.01. The first-order chi connectivity index (χ1) is 16.6. The van der Waals surface area contributed by atoms with Gasteiger partial charge in [0.2, 0.25) is 0 Å². The summed E-state index contributed by atoms with van der Waals surface area (Å²) in [5, 5.41) is 10.6. The van der Waals surface area contributed by atoms with Gasteiger partial charge in [-0.1, -0.05) is 12.5 Å². The lowest BCUT2D eigenvalue weighted by atomic mass is 10.0. The first-order valence-corrected chi connectivity index (χ1v) is 11.3. The summed E-state index contributed by atoms with van der Waals surface area (Å²) < 4.78 is 0. The second-order valence-electron chi connectivity index (χ2n) is 8.50. The van der Waals surface area contributed by atoms with Crippen molar-refractivity contribution in [3.63, 3.8) is 0 Å². The van der Waals surface area contributed by atoms with Gasteiger partial charge in [-0.2, -0.15) is 5.10 Å². The molecule has 9 heteroatoms. The molecule has 1 aliphatic heterocycles. The molecule has 4 aromatic rings. The number of hydrogen-bond donors (Lipinski definition) is 3. The summed E-state index contributed by atoms with van der Waals surface area (Å²) in [6.07, 6.45) is 8.96. The van der Waals surface area contributed by atoms with Crippen LogP contribution in [0, 0.1) is 0 Å². The van der Waals surface area contributed by atoms with E-state index in [1.165, 1.54) is 37.1 Å². The van der Waals surface area contributed by atoms with Gasteiger partial charge in [0.25, 0.3) is 11.8 Å². The normalized spacial score (nSPS) is 14.2. The zero-order valence-corrected chi connectivity index (χ0v) is 18.6. The maximum Gasteiger partial charge on any atom is 0.276 e. The number of aromatic nitrogens is 4. The van der Waals surface area contributed by atoms with E-state index in [2.05, 4.69) is 36.4 Å². The maximum atomic E-state index is 12.9. The molecule has 3 aromatic heterocycles. The van der Waals surface area contributed by atoms with Crippen molar-refractivity contribution in [1.82, 2.24) is 25.1 Å². The van der Waals surface area contributed by atoms with Crippen molar-refractivity contribution in [3.8, 4) is 11.1 Å². The number of carbonyl (C=O) groups excluding carboxylic acids is 2. The highest BCUT2D eigenvalue weighted by molar-refractivity contribution is 6.11. The third-order valence-corrected chi connectivity index (χ3v) is 6.03. The number of rotatable bonds is 6. The predicted molar refractivity (Wildman–Crippen MR) is 129 cm³/mol. The number of piperidine rings is 1. The minimum absolute atomic E-state index is 0.129. The fourth-order valence-corrected chi connectivity index (χ4v) is 4.28. The zero-order valence-electron chi connectivity index (χ0n) is 18.6. The first-order valence-electron chi connectivity index (χ1n) is 11.3. The Kier molecular flexibility index (Phi) is 6.01. The number of primary amides is 1. The second-order valence-corrected chi connectivity index (χ2v) is 8.50. The number of benzene rings is 1. The van der Waals surface area contributed by atoms with Crippen molar-refractivity contribution >= 4 is 28.4 Å². The number of nitrogens with one attached hydrogen (secondary N) is 2. The van der Waals surface area contributed by atoms with Gasteiger partial charge in [-0.25, -0.2) is 4.98 Å². The molecule has 34 heavy (non-hydrogen) atoms. The van der Waals surface area contributed by atoms with E-state index in [-0.39, 0.29) is 17.3 Å². The number of hydrogen-bond acceptors (Lipinski definition) is 6. The molecule has 0 saturated carbocycles. The van der Waals surface area contributed by atoms with E-state index in [4.69, 9.17) is 5.73 Å². The summed E-state index contributed by atoms with van der Waals surface area (Å²) in [6.45, 7) is 3.15. The topological polar surface area (TPSA) is 130 Å². The fourth-order valence-electron chi connectivity index (χ4n) is 4.28. The minimum Gasteiger partial charge on any atom is -0.364 e. The van der Waals surface area contributed by atoms with Crippen LogP contribution in [0.1, 0.15) is 45.8 Å². The smallest absolute Gasteiger partial charge is 0.276 e. The molecule has 2 amide bonds. The molecule has 0 aliphatic carbocycles. The number of carbonyl (C=O) groups is 2. The van der Waals surface area contributed by atoms with Crippen LogP contribution in [0.25, 0.3) is 22.0 Å². The minimum atomic E-state index is -0.627. The summed E-state index contributed by atoms with van der Waals surface area (Å²) in [7, 11) is 0. The molecule has 5 rings (SSSR count). The molecule has 0 atom stereocenters. The van der Waals surface area contributed by atoms with Crippen LogP contribution < -0.4 is 11.1 Å². The molecular weight excluding hydrogens is 430 g/mol. The molecule has 1 saturated heterocycles. The quantitative estimate of drug-likeness (QED) is 0.409. The number of nitrogens with zero attached hydrogens (tertiary/aromatic N) is 4. The van der Waals surface area contributed by atoms with Crippen molar-refractivity contribution in [3.05, 3.63) is 71.9 Å². The highest BCUT2D eigenvalue weighted by Crippen LogP contribution is 2.26. The number of aromatic amines is 1. The third kappa shape index (κ3) is 4.65. The number of likely N-dealkylation sites (tertiary alicyclic amines) is 1. The Hall–Kier alpha value is -4.11. The SMILES string of the molecule is NC(=O)c1ccc(NC(=O)c2n[nH]c3ccc(-c4cncc(CN5CCCCC5)c4)cc23)cn1. The standard InChI is InChI=1S/C25H25N7O2/c26-24(33)22-7-5-19(14-28-22)29-25(34)23-20-11-17(4-6-21(20)30-31-23)18-10-16(12-27-13-18)15-32-8-2-1-3-9-32/h4-7,10-14H,1-3,8-9,15H2,(H2,26,33)(H,29,34)(H,30,31). The van der Waals surface area contributed by atoms with Crippen LogP contribution in [0.15, 0.2) is 55.0 Å². The van der Waals surface area contributed by atoms with Gasteiger partial charge < -0.3 is 11.1 Å². The Balaban J connectivity index is 1.38. The van der Waals surface area contributed by atoms with Gasteiger partial charge in [0.15, 0.2) is 5.69 Å². The van der Waals surface area contributed by atoms with Crippen LogP contribution in [0.4, 0.5) is 5.69 Å². The van der Waals surface area contributed by atoms with Gasteiger partial charge in [0.05, 0.1) is 17.4 Å². The van der Waals surface area contributed by atoms with Crippen molar-refractivity contribution in [1.29, 1.82) is 0 Å². The number of amides is 2. The van der Waals surface area contributed by atoms with E-state index >= 15 is 0 Å². The van der Waals surface area contributed by atoms with Gasteiger partial charge in [0, 0.05) is 29.9 Å². The molecule has 9 nitrogen and oxygen atoms in total. The molecule has 0 radical (unpaired) electrons. The molecule has 1 fully saturated rings. The number of pyridine rings is 2. The van der Waals surface area contributed by atoms with E-state index in [0.717, 1.165) is 36.3 Å². The summed E-state index contributed by atoms with van der Waals surface area (Å²) in [6, 6.07) is 11.1. The third-order valence-electron chi connectivity index (χ3n) is 6.03. The van der Waals surface area contributed by atoms with E-state index in [1.54, 1.807) is 6.07 Å². The molecule has 1 aliphatic rings. The first kappa shape index (κ1) is 21.7. The summed E-state index contributed by atoms with van der Waals surface area (Å²) in [4.78, 5) is 35.0. The highest BCUT2D eigenvalue weighted by atomic mass is 16.2. The number of nitrogens with two attached hydrogens (primary N) is 1. The lowest BCUT2D eigenvalue weighted by molar-refractivity contribution is 0.0994. The molecule has 4 N–H and O–H groups in total. The van der Waals surface area contributed by atoms with Gasteiger partial charge >= 0.3 is 0 Å². The molecule has 0 spiro atoms. The number of fused-ring (bicyclic) bond motifs is 1. The Morgan fingerprint density at radius 2 is 1.85 bits per heavy atom. The van der Waals surface area contributed by atoms with Crippen molar-refractivity contribution in [2.75, 3.05) is 18.4 Å². The van der Waals surface area contributed by atoms with Crippen LogP contribution in [-0.4, -0.2) is 50.0 Å². The van der Waals surface area contributed by atoms with Gasteiger partial charge in [-0.3, -0.25) is 24.6 Å². The van der Waals surface area contributed by atoms with Crippen LogP contribution in [0.5, 0.6) is 0 Å². The van der Waals surface area contributed by atoms with E-state index in [1.807, 2.05) is 30.6 Å². The summed E-state index contributed by atoms with van der Waals surface area (Å²) >= 11 is 0. The Bertz CT molecular complexity index is 1340. The molecule has 0 unspecified atom stereocenters. The molecule has 0 bridgehead atoms. The van der Waals surface area contributed by atoms with E-state index < -0.39 is 5.91 Å². The fraction of sp³-hybridized carbons (Fsp3) is 0.240. The molecule has 1 aromatic carbocycles. The van der Waals surface area contributed by atoms with Gasteiger partial charge in [0.1, 0.15) is 5.69 Å². The average Bonchev–Trinajstić information content (AvgIpc) is 3.29. The maximum absolute atomic E-state index is 12.9. The van der Waals surface area contributed by atoms with Crippen LogP contribution >= 0.6 is 0 Å². The lowest BCUT2D eigenvalue weighted by Crippen LogP contribution is -2.29. The van der Waals surface area contributed by atoms with E-state index in [0.29, 0.717) is 11.1 Å². The van der Waals surface area contributed by atoms with Crippen LogP contribution in [-0.2, 0) is 6.54 Å². The second kappa shape index (κ2) is 9.40. The van der Waals surface area contributed by atoms with Crippen molar-refractivity contribution in [2.45, 2.75) is 25.8 Å². The predicted octanol–water partition coefficient (Wildman–Crippen LogP) is 3.36. The van der Waals surface area contributed by atoms with Gasteiger partial charge in [-0.15, -0.1) is 0 Å². The van der Waals surface area contributed by atoms with Crippen molar-refractivity contribution in [2.24, 2.45) is 5.73 Å². The largest absolute Gasteiger partial charge is 0.364 e. The molecular formula is C25H25N7O2. The Labute approximate surface area is 196 Å². The lowest BCUT2D eigenvalue weighted by Gasteiger charge is -2.26. The number of anilines is 1. The Morgan fingerprint density at radius 1 is 1.00 bits per heavy atom. The highest BCUT2D eigenvalue weighted by Gasteiger charge is 2.16. The average molecular weight is 456 g/mol. The van der Waals surface area contributed by atoms with Crippen molar-refractivity contribution < 1.29 is 9.59 Å². The zero-order chi connectivity index (χ0) is 23.5. The molecule has 172 valence electrons. The van der Waals surface area contributed by atoms with Gasteiger partial charge in [-0.05, 0) is 67.4 Å². The summed E-state index contributed by atoms with van der Waals surface area (Å²) in [5.41, 5.74) is 9.95. The van der Waals surface area contributed by atoms with E-state index in [9.17, 15) is 9.59 Å². The van der Waals surface area contributed by atoms with Crippen LogP contribution in [0.2, 0.25) is 0 Å².